The Labute approximate surface area is 209 Å². The largest absolute Gasteiger partial charge is 0.480 e. The van der Waals surface area contributed by atoms with Gasteiger partial charge in [-0.15, -0.1) is 0 Å². The van der Waals surface area contributed by atoms with E-state index in [1.165, 1.54) is 42.9 Å². The maximum Gasteiger partial charge on any atom is 0.429 e. The normalized spacial score (nSPS) is 13.1. The third kappa shape index (κ3) is 6.35. The third-order valence-electron chi connectivity index (χ3n) is 5.37. The van der Waals surface area contributed by atoms with Crippen molar-refractivity contribution < 1.29 is 27.8 Å². The topological polar surface area (TPSA) is 150 Å². The van der Waals surface area contributed by atoms with Gasteiger partial charge in [-0.2, -0.15) is 18.2 Å². The summed E-state index contributed by atoms with van der Waals surface area (Å²) in [4.78, 5) is 26.8. The van der Waals surface area contributed by atoms with E-state index in [1.54, 1.807) is 30.3 Å². The van der Waals surface area contributed by atoms with Crippen LogP contribution in [0.4, 0.5) is 19.1 Å². The summed E-state index contributed by atoms with van der Waals surface area (Å²) in [7, 11) is 0. The molecule has 0 amide bonds. The lowest BCUT2D eigenvalue weighted by molar-refractivity contribution is -0.198. The fourth-order valence-electron chi connectivity index (χ4n) is 3.54. The second-order valence-corrected chi connectivity index (χ2v) is 8.05. The summed E-state index contributed by atoms with van der Waals surface area (Å²) in [5.74, 6) is -1.76. The number of benzene rings is 2. The lowest BCUT2D eigenvalue weighted by atomic mass is 10.0. The molecule has 0 aliphatic carbocycles. The van der Waals surface area contributed by atoms with E-state index in [0.29, 0.717) is 22.4 Å². The van der Waals surface area contributed by atoms with E-state index >= 15 is 0 Å². The molecular weight excluding hydrogens is 489 g/mol. The van der Waals surface area contributed by atoms with Crippen LogP contribution >= 0.6 is 0 Å². The molecule has 0 saturated carbocycles. The van der Waals surface area contributed by atoms with Crippen LogP contribution < -0.4 is 16.2 Å². The Hall–Kier alpha value is -4.58. The van der Waals surface area contributed by atoms with Gasteiger partial charge in [0.1, 0.15) is 12.4 Å². The Balaban J connectivity index is 1.58. The van der Waals surface area contributed by atoms with Gasteiger partial charge in [0.15, 0.2) is 0 Å². The van der Waals surface area contributed by atoms with E-state index in [9.17, 15) is 18.0 Å². The molecule has 5 N–H and O–H groups in total. The van der Waals surface area contributed by atoms with Crippen LogP contribution in [0.5, 0.6) is 5.88 Å². The highest BCUT2D eigenvalue weighted by molar-refractivity contribution is 5.73. The Morgan fingerprint density at radius 2 is 1.62 bits per heavy atom. The van der Waals surface area contributed by atoms with E-state index in [4.69, 9.17) is 21.3 Å². The fraction of sp³-hybridized carbons (Fsp3) is 0.160. The number of ether oxygens (including phenoxy) is 1. The number of aliphatic carboxylic acids is 1. The van der Waals surface area contributed by atoms with Crippen molar-refractivity contribution in [2.75, 3.05) is 5.73 Å². The number of alkyl halides is 3. The summed E-state index contributed by atoms with van der Waals surface area (Å²) < 4.78 is 47.2. The van der Waals surface area contributed by atoms with E-state index in [2.05, 4.69) is 19.9 Å². The molecule has 0 saturated heterocycles. The SMILES string of the molecule is Nc1nc(O[C@@H](c2ccc(-c3ccncn3)cc2)C(F)(F)F)cc(-c2ccc(C[C@H](N)C(=O)O)cc2)n1. The van der Waals surface area contributed by atoms with E-state index in [1.807, 2.05) is 0 Å². The van der Waals surface area contributed by atoms with Crippen molar-refractivity contribution in [3.05, 3.63) is 84.3 Å². The van der Waals surface area contributed by atoms with Crippen LogP contribution in [0.1, 0.15) is 17.2 Å². The molecular formula is C25H21F3N6O3. The van der Waals surface area contributed by atoms with Crippen LogP contribution in [0.3, 0.4) is 0 Å². The van der Waals surface area contributed by atoms with E-state index in [-0.39, 0.29) is 29.5 Å². The first kappa shape index (κ1) is 25.5. The van der Waals surface area contributed by atoms with Crippen molar-refractivity contribution in [2.24, 2.45) is 5.73 Å². The molecule has 12 heteroatoms. The molecule has 2 atom stereocenters. The van der Waals surface area contributed by atoms with Gasteiger partial charge in [-0.25, -0.2) is 15.0 Å². The molecule has 2 aromatic carbocycles. The molecule has 190 valence electrons. The van der Waals surface area contributed by atoms with Crippen molar-refractivity contribution in [1.29, 1.82) is 0 Å². The number of nitrogens with zero attached hydrogens (tertiary/aromatic N) is 4. The van der Waals surface area contributed by atoms with Crippen molar-refractivity contribution >= 4 is 11.9 Å². The predicted molar refractivity (Wildman–Crippen MR) is 128 cm³/mol. The van der Waals surface area contributed by atoms with Crippen LogP contribution in [0.2, 0.25) is 0 Å². The van der Waals surface area contributed by atoms with Crippen molar-refractivity contribution in [3.63, 3.8) is 0 Å². The van der Waals surface area contributed by atoms with Crippen LogP contribution in [0.15, 0.2) is 73.2 Å². The number of anilines is 1. The highest BCUT2D eigenvalue weighted by Crippen LogP contribution is 2.37. The average Bonchev–Trinajstić information content (AvgIpc) is 2.87. The summed E-state index contributed by atoms with van der Waals surface area (Å²) in [5, 5.41) is 8.96. The molecule has 2 heterocycles. The third-order valence-corrected chi connectivity index (χ3v) is 5.37. The molecule has 0 fully saturated rings. The molecule has 37 heavy (non-hydrogen) atoms. The number of nitrogens with two attached hydrogens (primary N) is 2. The minimum atomic E-state index is -4.75. The van der Waals surface area contributed by atoms with Gasteiger partial charge in [-0.05, 0) is 18.1 Å². The summed E-state index contributed by atoms with van der Waals surface area (Å²) >= 11 is 0. The maximum atomic E-state index is 14.0. The predicted octanol–water partition coefficient (Wildman–Crippen LogP) is 3.82. The molecule has 0 aliphatic rings. The zero-order valence-electron chi connectivity index (χ0n) is 19.1. The van der Waals surface area contributed by atoms with Gasteiger partial charge in [0, 0.05) is 29.0 Å². The Bertz CT molecular complexity index is 1370. The molecule has 2 aromatic heterocycles. The van der Waals surface area contributed by atoms with Crippen molar-refractivity contribution in [2.45, 2.75) is 24.7 Å². The van der Waals surface area contributed by atoms with Gasteiger partial charge in [0.25, 0.3) is 0 Å². The van der Waals surface area contributed by atoms with Crippen LogP contribution in [0, 0.1) is 0 Å². The van der Waals surface area contributed by atoms with E-state index in [0.717, 1.165) is 0 Å². The second kappa shape index (κ2) is 10.6. The van der Waals surface area contributed by atoms with Gasteiger partial charge in [0.2, 0.25) is 17.9 Å². The lowest BCUT2D eigenvalue weighted by Crippen LogP contribution is -2.32. The summed E-state index contributed by atoms with van der Waals surface area (Å²) in [6, 6.07) is 14.0. The van der Waals surface area contributed by atoms with Crippen LogP contribution in [-0.4, -0.2) is 43.2 Å². The van der Waals surface area contributed by atoms with E-state index < -0.39 is 24.3 Å². The Kier molecular flexibility index (Phi) is 7.30. The van der Waals surface area contributed by atoms with Gasteiger partial charge < -0.3 is 21.3 Å². The number of carboxylic acid groups (broad SMARTS) is 1. The molecule has 9 nitrogen and oxygen atoms in total. The number of rotatable bonds is 8. The number of hydrogen-bond donors (Lipinski definition) is 3. The molecule has 0 spiro atoms. The lowest BCUT2D eigenvalue weighted by Gasteiger charge is -2.22. The van der Waals surface area contributed by atoms with Gasteiger partial charge >= 0.3 is 12.1 Å². The highest BCUT2D eigenvalue weighted by Gasteiger charge is 2.43. The second-order valence-electron chi connectivity index (χ2n) is 8.05. The highest BCUT2D eigenvalue weighted by atomic mass is 19.4. The number of carbonyl (C=O) groups is 1. The van der Waals surface area contributed by atoms with Crippen LogP contribution in [-0.2, 0) is 11.2 Å². The monoisotopic (exact) mass is 510 g/mol. The Morgan fingerprint density at radius 3 is 2.22 bits per heavy atom. The number of hydrogen-bond acceptors (Lipinski definition) is 8. The first-order valence-electron chi connectivity index (χ1n) is 10.9. The number of aromatic nitrogens is 4. The molecule has 4 aromatic rings. The van der Waals surface area contributed by atoms with Crippen LogP contribution in [0.25, 0.3) is 22.5 Å². The zero-order valence-corrected chi connectivity index (χ0v) is 19.1. The van der Waals surface area contributed by atoms with Crippen molar-refractivity contribution in [1.82, 2.24) is 19.9 Å². The Morgan fingerprint density at radius 1 is 0.973 bits per heavy atom. The molecule has 0 unspecified atom stereocenters. The minimum Gasteiger partial charge on any atom is -0.480 e. The quantitative estimate of drug-likeness (QED) is 0.321. The molecule has 0 radical (unpaired) electrons. The maximum absolute atomic E-state index is 14.0. The summed E-state index contributed by atoms with van der Waals surface area (Å²) in [6.45, 7) is 0. The number of nitrogen functional groups attached to an aromatic ring is 1. The summed E-state index contributed by atoms with van der Waals surface area (Å²) in [5.41, 5.74) is 13.8. The molecule has 0 aliphatic heterocycles. The average molecular weight is 510 g/mol. The number of halogens is 3. The zero-order chi connectivity index (χ0) is 26.6. The minimum absolute atomic E-state index is 0.110. The summed E-state index contributed by atoms with van der Waals surface area (Å²) in [6.07, 6.45) is -4.07. The van der Waals surface area contributed by atoms with Gasteiger partial charge in [0.05, 0.1) is 11.4 Å². The van der Waals surface area contributed by atoms with Crippen molar-refractivity contribution in [3.8, 4) is 28.4 Å². The molecule has 0 bridgehead atoms. The molecule has 4 rings (SSSR count). The smallest absolute Gasteiger partial charge is 0.429 e. The first-order chi connectivity index (χ1) is 17.6. The fourth-order valence-corrected chi connectivity index (χ4v) is 3.54. The van der Waals surface area contributed by atoms with Gasteiger partial charge in [-0.3, -0.25) is 4.79 Å². The van der Waals surface area contributed by atoms with Gasteiger partial charge in [-0.1, -0.05) is 48.5 Å². The first-order valence-corrected chi connectivity index (χ1v) is 10.9. The number of carboxylic acids is 1. The standard InChI is InChI=1S/C25H21F3N6O3/c26-25(27,28)22(17-7-5-15(6-8-17)19-9-10-31-13-32-19)37-21-12-20(33-24(30)34-21)16-3-1-14(2-4-16)11-18(29)23(35)36/h1-10,12-13,18,22H,11,29H2,(H,35,36)(H2,30,33,34)/t18-,22-/m0/s1.